The molecular formula is C15H15N3O3. The molecule has 1 aromatic carbocycles. The predicted molar refractivity (Wildman–Crippen MR) is 78.2 cm³/mol. The number of urea groups is 1. The Kier molecular flexibility index (Phi) is 4.50. The summed E-state index contributed by atoms with van der Waals surface area (Å²) in [7, 11) is 0. The Labute approximate surface area is 121 Å². The van der Waals surface area contributed by atoms with Crippen LogP contribution in [0, 0.1) is 6.92 Å². The lowest BCUT2D eigenvalue weighted by Crippen LogP contribution is -2.29. The van der Waals surface area contributed by atoms with Crippen molar-refractivity contribution in [3.05, 3.63) is 59.4 Å². The van der Waals surface area contributed by atoms with Crippen molar-refractivity contribution in [2.24, 2.45) is 0 Å². The number of hydrogen-bond donors (Lipinski definition) is 3. The third-order valence-corrected chi connectivity index (χ3v) is 2.81. The highest BCUT2D eigenvalue weighted by Crippen LogP contribution is 2.17. The first-order valence-corrected chi connectivity index (χ1v) is 6.35. The molecule has 0 fully saturated rings. The molecule has 21 heavy (non-hydrogen) atoms. The first-order chi connectivity index (χ1) is 10.1. The molecule has 108 valence electrons. The molecule has 2 aromatic rings. The maximum atomic E-state index is 11.8. The zero-order chi connectivity index (χ0) is 15.2. The predicted octanol–water partition coefficient (Wildman–Crippen LogP) is 2.41. The van der Waals surface area contributed by atoms with E-state index in [9.17, 15) is 9.59 Å². The standard InChI is InChI=1S/C15H15N3O3/c1-10-5-6-13(12(8-10)14(19)20)18-15(21)17-9-11-4-2-3-7-16-11/h2-8H,9H2,1H3,(H,19,20)(H2,17,18,21). The molecule has 6 nitrogen and oxygen atoms in total. The van der Waals surface area contributed by atoms with E-state index in [1.54, 1.807) is 37.4 Å². The molecule has 2 rings (SSSR count). The van der Waals surface area contributed by atoms with E-state index >= 15 is 0 Å². The van der Waals surface area contributed by atoms with Gasteiger partial charge in [0.1, 0.15) is 0 Å². The minimum Gasteiger partial charge on any atom is -0.478 e. The largest absolute Gasteiger partial charge is 0.478 e. The topological polar surface area (TPSA) is 91.3 Å². The quantitative estimate of drug-likeness (QED) is 0.804. The van der Waals surface area contributed by atoms with E-state index in [1.165, 1.54) is 6.07 Å². The molecule has 0 aliphatic heterocycles. The van der Waals surface area contributed by atoms with Crippen molar-refractivity contribution in [3.8, 4) is 0 Å². The van der Waals surface area contributed by atoms with Crippen LogP contribution in [0.1, 0.15) is 21.6 Å². The van der Waals surface area contributed by atoms with Gasteiger partial charge in [-0.05, 0) is 31.2 Å². The van der Waals surface area contributed by atoms with E-state index in [4.69, 9.17) is 5.11 Å². The van der Waals surface area contributed by atoms with Gasteiger partial charge in [-0.15, -0.1) is 0 Å². The van der Waals surface area contributed by atoms with Gasteiger partial charge < -0.3 is 15.7 Å². The lowest BCUT2D eigenvalue weighted by Gasteiger charge is -2.10. The molecular weight excluding hydrogens is 270 g/mol. The van der Waals surface area contributed by atoms with Gasteiger partial charge in [-0.25, -0.2) is 9.59 Å². The van der Waals surface area contributed by atoms with E-state index in [-0.39, 0.29) is 17.8 Å². The number of pyridine rings is 1. The van der Waals surface area contributed by atoms with E-state index in [0.717, 1.165) is 11.3 Å². The molecule has 0 saturated heterocycles. The summed E-state index contributed by atoms with van der Waals surface area (Å²) in [6.07, 6.45) is 1.64. The van der Waals surface area contributed by atoms with Gasteiger partial charge in [0.05, 0.1) is 23.5 Å². The van der Waals surface area contributed by atoms with Gasteiger partial charge in [0.25, 0.3) is 0 Å². The Morgan fingerprint density at radius 2 is 2.05 bits per heavy atom. The van der Waals surface area contributed by atoms with Gasteiger partial charge in [-0.2, -0.15) is 0 Å². The number of rotatable bonds is 4. The van der Waals surface area contributed by atoms with Crippen molar-refractivity contribution >= 4 is 17.7 Å². The van der Waals surface area contributed by atoms with Crippen LogP contribution in [0.3, 0.4) is 0 Å². The lowest BCUT2D eigenvalue weighted by atomic mass is 10.1. The summed E-state index contributed by atoms with van der Waals surface area (Å²) in [6, 6.07) is 9.73. The maximum absolute atomic E-state index is 11.8. The number of anilines is 1. The highest BCUT2D eigenvalue weighted by Gasteiger charge is 2.12. The highest BCUT2D eigenvalue weighted by atomic mass is 16.4. The molecule has 1 aromatic heterocycles. The Balaban J connectivity index is 2.01. The number of carboxylic acids is 1. The molecule has 2 amide bonds. The normalized spacial score (nSPS) is 9.95. The summed E-state index contributed by atoms with van der Waals surface area (Å²) in [5, 5.41) is 14.3. The fourth-order valence-electron chi connectivity index (χ4n) is 1.78. The van der Waals surface area contributed by atoms with E-state index < -0.39 is 12.0 Å². The molecule has 0 atom stereocenters. The Bertz CT molecular complexity index is 656. The van der Waals surface area contributed by atoms with Crippen LogP contribution in [0.25, 0.3) is 0 Å². The fraction of sp³-hybridized carbons (Fsp3) is 0.133. The van der Waals surface area contributed by atoms with Crippen molar-refractivity contribution in [2.45, 2.75) is 13.5 Å². The minimum absolute atomic E-state index is 0.0583. The molecule has 0 saturated carbocycles. The van der Waals surface area contributed by atoms with Crippen LogP contribution in [-0.2, 0) is 6.54 Å². The van der Waals surface area contributed by atoms with Crippen molar-refractivity contribution in [3.63, 3.8) is 0 Å². The maximum Gasteiger partial charge on any atom is 0.337 e. The molecule has 3 N–H and O–H groups in total. The van der Waals surface area contributed by atoms with Gasteiger partial charge in [-0.1, -0.05) is 17.7 Å². The summed E-state index contributed by atoms with van der Waals surface area (Å²) in [5.74, 6) is -1.08. The summed E-state index contributed by atoms with van der Waals surface area (Å²) < 4.78 is 0. The fourth-order valence-corrected chi connectivity index (χ4v) is 1.78. The third-order valence-electron chi connectivity index (χ3n) is 2.81. The second-order valence-electron chi connectivity index (χ2n) is 4.48. The number of aromatic nitrogens is 1. The lowest BCUT2D eigenvalue weighted by molar-refractivity contribution is 0.0698. The summed E-state index contributed by atoms with van der Waals surface area (Å²) in [6.45, 7) is 2.05. The van der Waals surface area contributed by atoms with Crippen molar-refractivity contribution in [1.82, 2.24) is 10.3 Å². The Hall–Kier alpha value is -2.89. The number of benzene rings is 1. The number of aryl methyl sites for hydroxylation is 1. The number of amides is 2. The number of nitrogens with zero attached hydrogens (tertiary/aromatic N) is 1. The van der Waals surface area contributed by atoms with Crippen LogP contribution in [-0.4, -0.2) is 22.1 Å². The van der Waals surface area contributed by atoms with Crippen LogP contribution >= 0.6 is 0 Å². The van der Waals surface area contributed by atoms with Crippen molar-refractivity contribution in [1.29, 1.82) is 0 Å². The van der Waals surface area contributed by atoms with Crippen LogP contribution < -0.4 is 10.6 Å². The van der Waals surface area contributed by atoms with Crippen LogP contribution in [0.4, 0.5) is 10.5 Å². The van der Waals surface area contributed by atoms with Crippen molar-refractivity contribution < 1.29 is 14.7 Å². The monoisotopic (exact) mass is 285 g/mol. The van der Waals surface area contributed by atoms with E-state index in [2.05, 4.69) is 15.6 Å². The molecule has 6 heteroatoms. The van der Waals surface area contributed by atoms with Gasteiger partial charge in [0, 0.05) is 6.20 Å². The number of carboxylic acid groups (broad SMARTS) is 1. The second kappa shape index (κ2) is 6.51. The summed E-state index contributed by atoms with van der Waals surface area (Å²) >= 11 is 0. The van der Waals surface area contributed by atoms with Crippen LogP contribution in [0.2, 0.25) is 0 Å². The van der Waals surface area contributed by atoms with Crippen LogP contribution in [0.15, 0.2) is 42.6 Å². The van der Waals surface area contributed by atoms with Gasteiger partial charge >= 0.3 is 12.0 Å². The average molecular weight is 285 g/mol. The average Bonchev–Trinajstić information content (AvgIpc) is 2.48. The SMILES string of the molecule is Cc1ccc(NC(=O)NCc2ccccn2)c(C(=O)O)c1. The number of nitrogens with one attached hydrogen (secondary N) is 2. The molecule has 0 radical (unpaired) electrons. The third kappa shape index (κ3) is 4.04. The first kappa shape index (κ1) is 14.5. The summed E-state index contributed by atoms with van der Waals surface area (Å²) in [4.78, 5) is 27.0. The van der Waals surface area contributed by atoms with E-state index in [1.807, 2.05) is 6.07 Å². The molecule has 0 bridgehead atoms. The zero-order valence-electron chi connectivity index (χ0n) is 11.5. The first-order valence-electron chi connectivity index (χ1n) is 6.35. The van der Waals surface area contributed by atoms with Crippen molar-refractivity contribution in [2.75, 3.05) is 5.32 Å². The second-order valence-corrected chi connectivity index (χ2v) is 4.48. The molecule has 0 aliphatic rings. The zero-order valence-corrected chi connectivity index (χ0v) is 11.5. The van der Waals surface area contributed by atoms with Gasteiger partial charge in [0.15, 0.2) is 0 Å². The Morgan fingerprint density at radius 1 is 1.24 bits per heavy atom. The molecule has 0 spiro atoms. The number of carbonyl (C=O) groups excluding carboxylic acids is 1. The van der Waals surface area contributed by atoms with Gasteiger partial charge in [-0.3, -0.25) is 4.98 Å². The molecule has 0 aliphatic carbocycles. The summed E-state index contributed by atoms with van der Waals surface area (Å²) in [5.41, 5.74) is 1.84. The number of aromatic carboxylic acids is 1. The highest BCUT2D eigenvalue weighted by molar-refractivity contribution is 6.00. The number of carbonyl (C=O) groups is 2. The van der Waals surface area contributed by atoms with Crippen LogP contribution in [0.5, 0.6) is 0 Å². The molecule has 0 unspecified atom stereocenters. The van der Waals surface area contributed by atoms with E-state index in [0.29, 0.717) is 0 Å². The van der Waals surface area contributed by atoms with Gasteiger partial charge in [0.2, 0.25) is 0 Å². The molecule has 1 heterocycles. The minimum atomic E-state index is -1.08. The Morgan fingerprint density at radius 3 is 2.71 bits per heavy atom. The smallest absolute Gasteiger partial charge is 0.337 e. The number of hydrogen-bond acceptors (Lipinski definition) is 3.